The Balaban J connectivity index is 2.11. The number of anilines is 1. The molecule has 1 aromatic heterocycles. The van der Waals surface area contributed by atoms with Crippen LogP contribution in [0.15, 0.2) is 11.1 Å². The van der Waals surface area contributed by atoms with Crippen LogP contribution in [0.3, 0.4) is 0 Å². The van der Waals surface area contributed by atoms with Crippen molar-refractivity contribution >= 4 is 15.8 Å². The van der Waals surface area contributed by atoms with Gasteiger partial charge in [0.05, 0.1) is 0 Å². The van der Waals surface area contributed by atoms with E-state index in [1.807, 2.05) is 0 Å². The molecule has 1 fully saturated rings. The molecule has 0 amide bonds. The molecule has 108 valence electrons. The van der Waals surface area contributed by atoms with E-state index in [9.17, 15) is 8.42 Å². The maximum Gasteiger partial charge on any atom is 0.245 e. The fourth-order valence-electron chi connectivity index (χ4n) is 2.81. The number of nitrogen functional groups attached to an aromatic ring is 1. The molecule has 0 aliphatic heterocycles. The predicted molar refractivity (Wildman–Crippen MR) is 73.9 cm³/mol. The monoisotopic (exact) mass is 286 g/mol. The van der Waals surface area contributed by atoms with Crippen molar-refractivity contribution in [2.45, 2.75) is 32.6 Å². The van der Waals surface area contributed by atoms with Gasteiger partial charge in [-0.15, -0.1) is 0 Å². The molecule has 1 aliphatic carbocycles. The van der Waals surface area contributed by atoms with E-state index in [1.165, 1.54) is 10.9 Å². The summed E-state index contributed by atoms with van der Waals surface area (Å²) < 4.78 is 28.4. The summed E-state index contributed by atoms with van der Waals surface area (Å²) in [5.74, 6) is 0.358. The van der Waals surface area contributed by atoms with E-state index in [4.69, 9.17) is 5.73 Å². The average molecular weight is 286 g/mol. The van der Waals surface area contributed by atoms with Gasteiger partial charge in [0, 0.05) is 19.8 Å². The number of sulfonamides is 1. The van der Waals surface area contributed by atoms with Gasteiger partial charge in [-0.25, -0.2) is 13.1 Å². The molecule has 1 saturated carbocycles. The minimum absolute atomic E-state index is 0.0318. The Bertz CT molecular complexity index is 587. The number of hydrogen-bond donors (Lipinski definition) is 2. The zero-order chi connectivity index (χ0) is 14.6. The summed E-state index contributed by atoms with van der Waals surface area (Å²) in [5, 5.41) is 3.85. The van der Waals surface area contributed by atoms with Gasteiger partial charge in [-0.05, 0) is 16.7 Å². The second kappa shape index (κ2) is 3.96. The molecule has 0 unspecified atom stereocenters. The lowest BCUT2D eigenvalue weighted by Gasteiger charge is -2.06. The van der Waals surface area contributed by atoms with Crippen molar-refractivity contribution in [3.8, 4) is 0 Å². The molecule has 0 spiro atoms. The van der Waals surface area contributed by atoms with Crippen molar-refractivity contribution in [1.82, 2.24) is 14.5 Å². The van der Waals surface area contributed by atoms with E-state index in [1.54, 1.807) is 7.05 Å². The molecular weight excluding hydrogens is 264 g/mol. The Labute approximate surface area is 114 Å². The van der Waals surface area contributed by atoms with E-state index in [0.717, 1.165) is 0 Å². The normalized spacial score (nSPS) is 21.5. The van der Waals surface area contributed by atoms with Gasteiger partial charge >= 0.3 is 0 Å². The molecule has 6 nitrogen and oxygen atoms in total. The maximum atomic E-state index is 12.2. The molecule has 0 saturated heterocycles. The molecule has 19 heavy (non-hydrogen) atoms. The van der Waals surface area contributed by atoms with Crippen molar-refractivity contribution in [3.63, 3.8) is 0 Å². The second-order valence-corrected chi connectivity index (χ2v) is 8.14. The van der Waals surface area contributed by atoms with Crippen molar-refractivity contribution in [2.75, 3.05) is 12.3 Å². The highest BCUT2D eigenvalue weighted by Crippen LogP contribution is 2.67. The summed E-state index contributed by atoms with van der Waals surface area (Å²) in [4.78, 5) is 0.0475. The first-order valence-corrected chi connectivity index (χ1v) is 7.77. The molecule has 2 rings (SSSR count). The molecule has 0 radical (unpaired) electrons. The quantitative estimate of drug-likeness (QED) is 0.862. The smallest absolute Gasteiger partial charge is 0.245 e. The summed E-state index contributed by atoms with van der Waals surface area (Å²) in [6.45, 7) is 9.06. The van der Waals surface area contributed by atoms with Gasteiger partial charge in [-0.2, -0.15) is 5.10 Å². The first-order valence-electron chi connectivity index (χ1n) is 6.29. The SMILES string of the molecule is Cn1cc(S(=O)(=O)NCC2C(C)(C)C2(C)C)c(N)n1. The van der Waals surface area contributed by atoms with E-state index in [2.05, 4.69) is 37.5 Å². The van der Waals surface area contributed by atoms with Crippen molar-refractivity contribution in [3.05, 3.63) is 6.20 Å². The Morgan fingerprint density at radius 2 is 1.89 bits per heavy atom. The zero-order valence-corrected chi connectivity index (χ0v) is 12.9. The molecule has 1 heterocycles. The number of hydrogen-bond acceptors (Lipinski definition) is 4. The van der Waals surface area contributed by atoms with Gasteiger partial charge < -0.3 is 5.73 Å². The van der Waals surface area contributed by atoms with Crippen LogP contribution in [0.4, 0.5) is 5.82 Å². The first-order chi connectivity index (χ1) is 8.50. The maximum absolute atomic E-state index is 12.2. The van der Waals surface area contributed by atoms with E-state index < -0.39 is 10.0 Å². The number of nitrogens with zero attached hydrogens (tertiary/aromatic N) is 2. The first kappa shape index (κ1) is 14.3. The molecular formula is C12H22N4O2S. The number of rotatable bonds is 4. The number of nitrogens with one attached hydrogen (secondary N) is 1. The van der Waals surface area contributed by atoms with E-state index in [-0.39, 0.29) is 21.5 Å². The molecule has 0 bridgehead atoms. The zero-order valence-electron chi connectivity index (χ0n) is 12.1. The topological polar surface area (TPSA) is 90.0 Å². The van der Waals surface area contributed by atoms with Gasteiger partial charge in [-0.1, -0.05) is 27.7 Å². The minimum Gasteiger partial charge on any atom is -0.381 e. The lowest BCUT2D eigenvalue weighted by atomic mass is 10.0. The Kier molecular flexibility index (Phi) is 2.98. The number of nitrogens with two attached hydrogens (primary N) is 1. The van der Waals surface area contributed by atoms with Gasteiger partial charge in [0.15, 0.2) is 5.82 Å². The third kappa shape index (κ3) is 2.14. The molecule has 3 N–H and O–H groups in total. The van der Waals surface area contributed by atoms with Gasteiger partial charge in [0.2, 0.25) is 10.0 Å². The van der Waals surface area contributed by atoms with Crippen molar-refractivity contribution < 1.29 is 8.42 Å². The van der Waals surface area contributed by atoms with Crippen LogP contribution < -0.4 is 10.5 Å². The van der Waals surface area contributed by atoms with Gasteiger partial charge in [-0.3, -0.25) is 4.68 Å². The standard InChI is InChI=1S/C12H22N4O2S/c1-11(2)9(12(11,3)4)6-14-19(17,18)8-7-16(5)15-10(8)13/h7,9,14H,6H2,1-5H3,(H2,13,15). The average Bonchev–Trinajstić information content (AvgIpc) is 2.54. The van der Waals surface area contributed by atoms with Crippen LogP contribution in [0.1, 0.15) is 27.7 Å². The predicted octanol–water partition coefficient (Wildman–Crippen LogP) is 0.963. The van der Waals surface area contributed by atoms with Crippen LogP contribution in [0.2, 0.25) is 0 Å². The summed E-state index contributed by atoms with van der Waals surface area (Å²) in [6.07, 6.45) is 1.42. The summed E-state index contributed by atoms with van der Waals surface area (Å²) in [5.41, 5.74) is 5.90. The summed E-state index contributed by atoms with van der Waals surface area (Å²) in [6, 6.07) is 0. The van der Waals surface area contributed by atoms with Gasteiger partial charge in [0.25, 0.3) is 0 Å². The van der Waals surface area contributed by atoms with Crippen LogP contribution in [0, 0.1) is 16.7 Å². The van der Waals surface area contributed by atoms with Crippen LogP contribution in [-0.2, 0) is 17.1 Å². The highest BCUT2D eigenvalue weighted by molar-refractivity contribution is 7.89. The van der Waals surface area contributed by atoms with Crippen LogP contribution >= 0.6 is 0 Å². The van der Waals surface area contributed by atoms with E-state index in [0.29, 0.717) is 12.5 Å². The van der Waals surface area contributed by atoms with Crippen molar-refractivity contribution in [2.24, 2.45) is 23.8 Å². The Morgan fingerprint density at radius 3 is 2.26 bits per heavy atom. The van der Waals surface area contributed by atoms with Gasteiger partial charge in [0.1, 0.15) is 4.90 Å². The molecule has 1 aromatic rings. The van der Waals surface area contributed by atoms with Crippen LogP contribution in [-0.4, -0.2) is 24.7 Å². The molecule has 1 aliphatic rings. The Morgan fingerprint density at radius 1 is 1.37 bits per heavy atom. The lowest BCUT2D eigenvalue weighted by molar-refractivity contribution is 0.457. The molecule has 0 aromatic carbocycles. The molecule has 7 heteroatoms. The largest absolute Gasteiger partial charge is 0.381 e. The van der Waals surface area contributed by atoms with Crippen LogP contribution in [0.25, 0.3) is 0 Å². The van der Waals surface area contributed by atoms with Crippen molar-refractivity contribution in [1.29, 1.82) is 0 Å². The third-order valence-electron chi connectivity index (χ3n) is 4.91. The number of aromatic nitrogens is 2. The van der Waals surface area contributed by atoms with Crippen LogP contribution in [0.5, 0.6) is 0 Å². The highest BCUT2D eigenvalue weighted by atomic mass is 32.2. The minimum atomic E-state index is -3.58. The fraction of sp³-hybridized carbons (Fsp3) is 0.750. The molecule has 0 atom stereocenters. The second-order valence-electron chi connectivity index (χ2n) is 6.40. The fourth-order valence-corrected chi connectivity index (χ4v) is 3.95. The summed E-state index contributed by atoms with van der Waals surface area (Å²) >= 11 is 0. The number of aryl methyl sites for hydroxylation is 1. The summed E-state index contributed by atoms with van der Waals surface area (Å²) in [7, 11) is -1.94. The Hall–Kier alpha value is -1.08. The lowest BCUT2D eigenvalue weighted by Crippen LogP contribution is -2.27. The third-order valence-corrected chi connectivity index (χ3v) is 6.35. The van der Waals surface area contributed by atoms with E-state index >= 15 is 0 Å². The highest BCUT2D eigenvalue weighted by Gasteiger charge is 2.64.